The van der Waals surface area contributed by atoms with Gasteiger partial charge in [-0.2, -0.15) is 4.31 Å². The highest BCUT2D eigenvalue weighted by atomic mass is 35.5. The first-order chi connectivity index (χ1) is 12.6. The van der Waals surface area contributed by atoms with Crippen LogP contribution in [0.5, 0.6) is 0 Å². The van der Waals surface area contributed by atoms with Crippen molar-refractivity contribution in [3.63, 3.8) is 0 Å². The van der Waals surface area contributed by atoms with E-state index < -0.39 is 32.6 Å². The smallest absolute Gasteiger partial charge is 0.321 e. The average molecular weight is 433 g/mol. The zero-order valence-electron chi connectivity index (χ0n) is 13.9. The van der Waals surface area contributed by atoms with Crippen molar-refractivity contribution in [2.75, 3.05) is 0 Å². The number of rotatable bonds is 7. The van der Waals surface area contributed by atoms with Gasteiger partial charge in [0.2, 0.25) is 10.0 Å². The van der Waals surface area contributed by atoms with E-state index in [0.717, 1.165) is 22.5 Å². The Morgan fingerprint density at radius 3 is 2.37 bits per heavy atom. The number of benzene rings is 2. The molecule has 0 bridgehead atoms. The maximum Gasteiger partial charge on any atom is 0.321 e. The molecule has 0 radical (unpaired) electrons. The van der Waals surface area contributed by atoms with Crippen LogP contribution in [0.2, 0.25) is 10.0 Å². The fraction of sp³-hybridized carbons (Fsp3) is 0.188. The largest absolute Gasteiger partial charge is 0.480 e. The molecule has 0 aliphatic carbocycles. The van der Waals surface area contributed by atoms with Gasteiger partial charge in [-0.25, -0.2) is 8.42 Å². The van der Waals surface area contributed by atoms with Crippen molar-refractivity contribution in [3.8, 4) is 0 Å². The standard InChI is InChI=1S/C16H14Cl2N2O6S/c1-10(16(21)22)19(9-11-4-2-3-5-13(11)17)27(25,26)12-6-7-15(20(23)24)14(18)8-12/h2-8,10H,9H2,1H3,(H,21,22). The number of carbonyl (C=O) groups is 1. The van der Waals surface area contributed by atoms with Crippen LogP contribution in [0.3, 0.4) is 0 Å². The third-order valence-electron chi connectivity index (χ3n) is 3.80. The second-order valence-electron chi connectivity index (χ2n) is 5.53. The van der Waals surface area contributed by atoms with Gasteiger partial charge in [0.25, 0.3) is 5.69 Å². The van der Waals surface area contributed by atoms with Crippen LogP contribution in [0.15, 0.2) is 47.4 Å². The number of nitro groups is 1. The Balaban J connectivity index is 2.53. The van der Waals surface area contributed by atoms with Gasteiger partial charge >= 0.3 is 5.97 Å². The molecule has 2 aromatic carbocycles. The second-order valence-corrected chi connectivity index (χ2v) is 8.23. The summed E-state index contributed by atoms with van der Waals surface area (Å²) in [5.41, 5.74) is -0.0524. The molecule has 0 spiro atoms. The van der Waals surface area contributed by atoms with Gasteiger partial charge < -0.3 is 5.11 Å². The third-order valence-corrected chi connectivity index (χ3v) is 6.38. The molecule has 1 N–H and O–H groups in total. The number of nitrogens with zero attached hydrogens (tertiary/aromatic N) is 2. The molecule has 0 saturated carbocycles. The first-order valence-electron chi connectivity index (χ1n) is 7.47. The molecule has 0 aromatic heterocycles. The van der Waals surface area contributed by atoms with E-state index in [0.29, 0.717) is 5.56 Å². The predicted molar refractivity (Wildman–Crippen MR) is 99.4 cm³/mol. The number of aliphatic carboxylic acids is 1. The summed E-state index contributed by atoms with van der Waals surface area (Å²) in [5.74, 6) is -1.36. The molecule has 0 saturated heterocycles. The Kier molecular flexibility index (Phi) is 6.42. The minimum absolute atomic E-state index is 0.275. The van der Waals surface area contributed by atoms with Crippen molar-refractivity contribution in [2.45, 2.75) is 24.4 Å². The van der Waals surface area contributed by atoms with E-state index in [1.165, 1.54) is 6.92 Å². The van der Waals surface area contributed by atoms with E-state index in [1.54, 1.807) is 24.3 Å². The lowest BCUT2D eigenvalue weighted by atomic mass is 10.2. The Bertz CT molecular complexity index is 996. The van der Waals surface area contributed by atoms with Crippen molar-refractivity contribution in [2.24, 2.45) is 0 Å². The van der Waals surface area contributed by atoms with Gasteiger partial charge in [0.05, 0.1) is 9.82 Å². The molecular weight excluding hydrogens is 419 g/mol. The first-order valence-corrected chi connectivity index (χ1v) is 9.67. The summed E-state index contributed by atoms with van der Waals surface area (Å²) in [4.78, 5) is 21.2. The minimum Gasteiger partial charge on any atom is -0.480 e. The zero-order valence-corrected chi connectivity index (χ0v) is 16.2. The van der Waals surface area contributed by atoms with E-state index in [2.05, 4.69) is 0 Å². The minimum atomic E-state index is -4.34. The zero-order chi connectivity index (χ0) is 20.4. The van der Waals surface area contributed by atoms with E-state index in [9.17, 15) is 28.4 Å². The van der Waals surface area contributed by atoms with Gasteiger partial charge in [0.15, 0.2) is 0 Å². The molecule has 27 heavy (non-hydrogen) atoms. The average Bonchev–Trinajstić information content (AvgIpc) is 2.59. The van der Waals surface area contributed by atoms with E-state index in [1.807, 2.05) is 0 Å². The molecule has 11 heteroatoms. The van der Waals surface area contributed by atoms with Crippen LogP contribution in [-0.2, 0) is 21.4 Å². The molecule has 2 aromatic rings. The fourth-order valence-electron chi connectivity index (χ4n) is 2.28. The van der Waals surface area contributed by atoms with Crippen LogP contribution < -0.4 is 0 Å². The number of carboxylic acids is 1. The summed E-state index contributed by atoms with van der Waals surface area (Å²) < 4.78 is 26.8. The van der Waals surface area contributed by atoms with Crippen LogP contribution in [0, 0.1) is 10.1 Å². The molecule has 0 amide bonds. The van der Waals surface area contributed by atoms with Crippen LogP contribution >= 0.6 is 23.2 Å². The second kappa shape index (κ2) is 8.22. The van der Waals surface area contributed by atoms with E-state index in [-0.39, 0.29) is 21.5 Å². The quantitative estimate of drug-likeness (QED) is 0.527. The number of hydrogen-bond donors (Lipinski definition) is 1. The van der Waals surface area contributed by atoms with Crippen LogP contribution in [-0.4, -0.2) is 34.8 Å². The van der Waals surface area contributed by atoms with Gasteiger partial charge in [-0.15, -0.1) is 0 Å². The highest BCUT2D eigenvalue weighted by molar-refractivity contribution is 7.89. The van der Waals surface area contributed by atoms with Gasteiger partial charge in [0, 0.05) is 17.6 Å². The molecule has 0 heterocycles. The predicted octanol–water partition coefficient (Wildman–Crippen LogP) is 3.57. The molecule has 0 fully saturated rings. The number of nitro benzene ring substituents is 1. The highest BCUT2D eigenvalue weighted by Gasteiger charge is 2.34. The first kappa shape index (κ1) is 21.1. The molecule has 2 rings (SSSR count). The van der Waals surface area contributed by atoms with Crippen LogP contribution in [0.4, 0.5) is 5.69 Å². The van der Waals surface area contributed by atoms with E-state index >= 15 is 0 Å². The Morgan fingerprint density at radius 2 is 1.85 bits per heavy atom. The van der Waals surface area contributed by atoms with Crippen LogP contribution in [0.25, 0.3) is 0 Å². The van der Waals surface area contributed by atoms with Gasteiger partial charge in [-0.3, -0.25) is 14.9 Å². The number of carboxylic acid groups (broad SMARTS) is 1. The maximum atomic E-state index is 13.0. The summed E-state index contributed by atoms with van der Waals surface area (Å²) in [6.45, 7) is 0.911. The lowest BCUT2D eigenvalue weighted by Crippen LogP contribution is -2.42. The fourth-order valence-corrected chi connectivity index (χ4v) is 4.38. The lowest BCUT2D eigenvalue weighted by Gasteiger charge is -2.26. The van der Waals surface area contributed by atoms with E-state index in [4.69, 9.17) is 23.2 Å². The molecule has 144 valence electrons. The van der Waals surface area contributed by atoms with Crippen molar-refractivity contribution in [1.82, 2.24) is 4.31 Å². The Labute approximate surface area is 165 Å². The summed E-state index contributed by atoms with van der Waals surface area (Å²) in [6, 6.07) is 7.88. The molecule has 8 nitrogen and oxygen atoms in total. The molecule has 0 aliphatic rings. The Morgan fingerprint density at radius 1 is 1.22 bits per heavy atom. The number of sulfonamides is 1. The summed E-state index contributed by atoms with van der Waals surface area (Å²) in [7, 11) is -4.34. The molecule has 1 atom stereocenters. The van der Waals surface area contributed by atoms with Crippen molar-refractivity contribution < 1.29 is 23.2 Å². The molecule has 1 unspecified atom stereocenters. The van der Waals surface area contributed by atoms with Gasteiger partial charge in [-0.1, -0.05) is 41.4 Å². The SMILES string of the molecule is CC(C(=O)O)N(Cc1ccccc1Cl)S(=O)(=O)c1ccc([N+](=O)[O-])c(Cl)c1. The summed E-state index contributed by atoms with van der Waals surface area (Å²) in [5, 5.41) is 20.1. The Hall–Kier alpha value is -2.20. The number of halogens is 2. The maximum absolute atomic E-state index is 13.0. The molecular formula is C16H14Cl2N2O6S. The van der Waals surface area contributed by atoms with Gasteiger partial charge in [-0.05, 0) is 30.7 Å². The lowest BCUT2D eigenvalue weighted by molar-refractivity contribution is -0.384. The number of hydrogen-bond acceptors (Lipinski definition) is 5. The molecule has 0 aliphatic heterocycles. The van der Waals surface area contributed by atoms with Crippen molar-refractivity contribution in [3.05, 3.63) is 68.2 Å². The summed E-state index contributed by atoms with van der Waals surface area (Å²) >= 11 is 11.9. The van der Waals surface area contributed by atoms with Gasteiger partial charge in [0.1, 0.15) is 11.1 Å². The normalized spacial score (nSPS) is 12.7. The summed E-state index contributed by atoms with van der Waals surface area (Å²) in [6.07, 6.45) is 0. The highest BCUT2D eigenvalue weighted by Crippen LogP contribution is 2.30. The monoisotopic (exact) mass is 432 g/mol. The third kappa shape index (κ3) is 4.56. The topological polar surface area (TPSA) is 118 Å². The van der Waals surface area contributed by atoms with Crippen LogP contribution in [0.1, 0.15) is 12.5 Å². The van der Waals surface area contributed by atoms with Crippen molar-refractivity contribution >= 4 is 44.9 Å². The van der Waals surface area contributed by atoms with Crippen molar-refractivity contribution in [1.29, 1.82) is 0 Å².